The van der Waals surface area contributed by atoms with E-state index in [9.17, 15) is 9.18 Å². The fourth-order valence-corrected chi connectivity index (χ4v) is 2.26. The fraction of sp³-hybridized carbons (Fsp3) is 0.533. The second-order valence-corrected chi connectivity index (χ2v) is 5.96. The second-order valence-electron chi connectivity index (χ2n) is 5.96. The first-order chi connectivity index (χ1) is 8.85. The summed E-state index contributed by atoms with van der Waals surface area (Å²) in [6.07, 6.45) is 0.627. The van der Waals surface area contributed by atoms with Crippen molar-refractivity contribution >= 4 is 6.09 Å². The van der Waals surface area contributed by atoms with Crippen LogP contribution in [0.1, 0.15) is 38.7 Å². The first-order valence-electron chi connectivity index (χ1n) is 6.58. The monoisotopic (exact) mass is 265 g/mol. The van der Waals surface area contributed by atoms with Crippen LogP contribution in [-0.2, 0) is 4.74 Å². The number of carbonyl (C=O) groups is 1. The Balaban J connectivity index is 1.96. The summed E-state index contributed by atoms with van der Waals surface area (Å²) in [7, 11) is 0. The first kappa shape index (κ1) is 13.8. The molecule has 1 aromatic rings. The molecule has 1 amide bonds. The van der Waals surface area contributed by atoms with E-state index in [1.165, 1.54) is 12.1 Å². The zero-order valence-corrected chi connectivity index (χ0v) is 11.6. The largest absolute Gasteiger partial charge is 0.444 e. The standard InChI is InChI=1S/C15H20FNO2/c1-15(2,3)19-14(18)17-9-8-12(10-17)11-4-6-13(16)7-5-11/h4-7,12H,8-10H2,1-3H3/t12-/m0/s1. The van der Waals surface area contributed by atoms with Crippen molar-refractivity contribution in [3.05, 3.63) is 35.6 Å². The Morgan fingerprint density at radius 2 is 1.95 bits per heavy atom. The zero-order chi connectivity index (χ0) is 14.0. The molecule has 0 spiro atoms. The van der Waals surface area contributed by atoms with E-state index in [4.69, 9.17) is 4.74 Å². The summed E-state index contributed by atoms with van der Waals surface area (Å²) in [6, 6.07) is 6.51. The fourth-order valence-electron chi connectivity index (χ4n) is 2.26. The van der Waals surface area contributed by atoms with E-state index in [0.29, 0.717) is 13.1 Å². The normalized spacial score (nSPS) is 19.6. The average Bonchev–Trinajstić information content (AvgIpc) is 2.77. The molecule has 0 unspecified atom stereocenters. The highest BCUT2D eigenvalue weighted by Crippen LogP contribution is 2.28. The summed E-state index contributed by atoms with van der Waals surface area (Å²) in [5, 5.41) is 0. The number of nitrogens with zero attached hydrogens (tertiary/aromatic N) is 1. The maximum Gasteiger partial charge on any atom is 0.410 e. The van der Waals surface area contributed by atoms with Crippen molar-refractivity contribution in [2.75, 3.05) is 13.1 Å². The molecule has 0 radical (unpaired) electrons. The molecule has 1 atom stereocenters. The van der Waals surface area contributed by atoms with E-state index in [2.05, 4.69) is 0 Å². The third-order valence-corrected chi connectivity index (χ3v) is 3.18. The Hall–Kier alpha value is -1.58. The van der Waals surface area contributed by atoms with Crippen molar-refractivity contribution in [2.24, 2.45) is 0 Å². The van der Waals surface area contributed by atoms with Crippen LogP contribution in [0.5, 0.6) is 0 Å². The maximum absolute atomic E-state index is 12.9. The molecule has 4 heteroatoms. The summed E-state index contributed by atoms with van der Waals surface area (Å²) in [4.78, 5) is 13.7. The van der Waals surface area contributed by atoms with Crippen LogP contribution < -0.4 is 0 Å². The number of hydrogen-bond donors (Lipinski definition) is 0. The van der Waals surface area contributed by atoms with E-state index in [1.807, 2.05) is 20.8 Å². The van der Waals surface area contributed by atoms with Gasteiger partial charge in [0.25, 0.3) is 0 Å². The van der Waals surface area contributed by atoms with Crippen LogP contribution >= 0.6 is 0 Å². The minimum absolute atomic E-state index is 0.231. The number of hydrogen-bond acceptors (Lipinski definition) is 2. The Morgan fingerprint density at radius 3 is 2.53 bits per heavy atom. The van der Waals surface area contributed by atoms with Gasteiger partial charge in [0.2, 0.25) is 0 Å². The first-order valence-corrected chi connectivity index (χ1v) is 6.58. The molecule has 0 saturated carbocycles. The van der Waals surface area contributed by atoms with Gasteiger partial charge in [-0.1, -0.05) is 12.1 Å². The van der Waals surface area contributed by atoms with Crippen molar-refractivity contribution in [2.45, 2.75) is 38.7 Å². The van der Waals surface area contributed by atoms with Crippen LogP contribution in [0.15, 0.2) is 24.3 Å². The molecule has 19 heavy (non-hydrogen) atoms. The topological polar surface area (TPSA) is 29.5 Å². The van der Waals surface area contributed by atoms with Crippen LogP contribution in [0.3, 0.4) is 0 Å². The van der Waals surface area contributed by atoms with E-state index >= 15 is 0 Å². The number of ether oxygens (including phenoxy) is 1. The molecule has 1 heterocycles. The van der Waals surface area contributed by atoms with Gasteiger partial charge in [-0.3, -0.25) is 0 Å². The van der Waals surface area contributed by atoms with Gasteiger partial charge in [-0.15, -0.1) is 0 Å². The summed E-state index contributed by atoms with van der Waals surface area (Å²) >= 11 is 0. The highest BCUT2D eigenvalue weighted by Gasteiger charge is 2.30. The minimum atomic E-state index is -0.467. The number of amides is 1. The number of halogens is 1. The van der Waals surface area contributed by atoms with Gasteiger partial charge in [-0.25, -0.2) is 9.18 Å². The lowest BCUT2D eigenvalue weighted by atomic mass is 9.99. The molecular formula is C15H20FNO2. The molecule has 0 aromatic heterocycles. The molecule has 0 aliphatic carbocycles. The quantitative estimate of drug-likeness (QED) is 0.777. The lowest BCUT2D eigenvalue weighted by Crippen LogP contribution is -2.35. The maximum atomic E-state index is 12.9. The predicted molar refractivity (Wildman–Crippen MR) is 71.6 cm³/mol. The number of carbonyl (C=O) groups excluding carboxylic acids is 1. The van der Waals surface area contributed by atoms with Crippen molar-refractivity contribution in [3.8, 4) is 0 Å². The van der Waals surface area contributed by atoms with E-state index in [0.717, 1.165) is 12.0 Å². The van der Waals surface area contributed by atoms with Gasteiger partial charge in [0.15, 0.2) is 0 Å². The molecule has 1 aliphatic heterocycles. The van der Waals surface area contributed by atoms with Crippen molar-refractivity contribution in [1.82, 2.24) is 4.90 Å². The van der Waals surface area contributed by atoms with Gasteiger partial charge < -0.3 is 9.64 Å². The Labute approximate surface area is 113 Å². The summed E-state index contributed by atoms with van der Waals surface area (Å²) < 4.78 is 18.2. The smallest absolute Gasteiger partial charge is 0.410 e. The number of likely N-dealkylation sites (tertiary alicyclic amines) is 1. The molecule has 1 fully saturated rings. The molecular weight excluding hydrogens is 245 g/mol. The molecule has 1 aromatic carbocycles. The summed E-state index contributed by atoms with van der Waals surface area (Å²) in [6.45, 7) is 6.91. The zero-order valence-electron chi connectivity index (χ0n) is 11.6. The highest BCUT2D eigenvalue weighted by atomic mass is 19.1. The third-order valence-electron chi connectivity index (χ3n) is 3.18. The Morgan fingerprint density at radius 1 is 1.32 bits per heavy atom. The predicted octanol–water partition coefficient (Wildman–Crippen LogP) is 3.55. The summed E-state index contributed by atoms with van der Waals surface area (Å²) in [5.41, 5.74) is 0.609. The molecule has 2 rings (SSSR count). The molecule has 0 bridgehead atoms. The van der Waals surface area contributed by atoms with Crippen LogP contribution in [0.2, 0.25) is 0 Å². The van der Waals surface area contributed by atoms with Gasteiger partial charge in [0.1, 0.15) is 11.4 Å². The van der Waals surface area contributed by atoms with Crippen molar-refractivity contribution < 1.29 is 13.9 Å². The Kier molecular flexibility index (Phi) is 3.78. The summed E-state index contributed by atoms with van der Waals surface area (Å²) in [5.74, 6) is 0.0406. The number of benzene rings is 1. The molecule has 1 saturated heterocycles. The second kappa shape index (κ2) is 5.19. The van der Waals surface area contributed by atoms with E-state index in [1.54, 1.807) is 17.0 Å². The van der Waals surface area contributed by atoms with Gasteiger partial charge in [-0.2, -0.15) is 0 Å². The van der Waals surface area contributed by atoms with E-state index in [-0.39, 0.29) is 17.8 Å². The van der Waals surface area contributed by atoms with Gasteiger partial charge in [0.05, 0.1) is 0 Å². The van der Waals surface area contributed by atoms with E-state index < -0.39 is 5.60 Å². The Bertz CT molecular complexity index is 450. The van der Waals surface area contributed by atoms with Crippen molar-refractivity contribution in [1.29, 1.82) is 0 Å². The lowest BCUT2D eigenvalue weighted by molar-refractivity contribution is 0.0292. The molecule has 1 aliphatic rings. The SMILES string of the molecule is CC(C)(C)OC(=O)N1CC[C@H](c2ccc(F)cc2)C1. The average molecular weight is 265 g/mol. The van der Waals surface area contributed by atoms with Gasteiger partial charge in [-0.05, 0) is 44.9 Å². The number of rotatable bonds is 1. The van der Waals surface area contributed by atoms with Crippen LogP contribution in [-0.4, -0.2) is 29.7 Å². The third kappa shape index (κ3) is 3.69. The minimum Gasteiger partial charge on any atom is -0.444 e. The molecule has 0 N–H and O–H groups in total. The van der Waals surface area contributed by atoms with Crippen LogP contribution in [0.25, 0.3) is 0 Å². The van der Waals surface area contributed by atoms with Crippen molar-refractivity contribution in [3.63, 3.8) is 0 Å². The molecule has 3 nitrogen and oxygen atoms in total. The highest BCUT2D eigenvalue weighted by molar-refractivity contribution is 5.68. The van der Waals surface area contributed by atoms with Gasteiger partial charge in [0, 0.05) is 19.0 Å². The van der Waals surface area contributed by atoms with Crippen LogP contribution in [0, 0.1) is 5.82 Å². The van der Waals surface area contributed by atoms with Gasteiger partial charge >= 0.3 is 6.09 Å². The molecule has 104 valence electrons. The lowest BCUT2D eigenvalue weighted by Gasteiger charge is -2.24. The van der Waals surface area contributed by atoms with Crippen LogP contribution in [0.4, 0.5) is 9.18 Å².